The lowest BCUT2D eigenvalue weighted by atomic mass is 10.3. The first-order valence-corrected chi connectivity index (χ1v) is 5.09. The molecule has 1 aliphatic heterocycles. The van der Waals surface area contributed by atoms with Gasteiger partial charge in [0.15, 0.2) is 0 Å². The normalized spacial score (nSPS) is 21.4. The second-order valence-electron chi connectivity index (χ2n) is 4.14. The third-order valence-corrected chi connectivity index (χ3v) is 2.70. The molecule has 0 saturated carbocycles. The number of nitrogens with zero attached hydrogens (tertiary/aromatic N) is 3. The van der Waals surface area contributed by atoms with Crippen molar-refractivity contribution in [2.75, 3.05) is 6.54 Å². The summed E-state index contributed by atoms with van der Waals surface area (Å²) in [4.78, 5) is 13.3. The van der Waals surface area contributed by atoms with Gasteiger partial charge >= 0.3 is 0 Å². The summed E-state index contributed by atoms with van der Waals surface area (Å²) in [5.41, 5.74) is 7.75. The number of hydrogen-bond donors (Lipinski definition) is 1. The highest BCUT2D eigenvalue weighted by Crippen LogP contribution is 2.13. The highest BCUT2D eigenvalue weighted by molar-refractivity contribution is 5.79. The van der Waals surface area contributed by atoms with Crippen LogP contribution in [0.1, 0.15) is 17.8 Å². The number of carbonyl (C=O) groups excluding carboxylic acids is 1. The Morgan fingerprint density at radius 3 is 2.87 bits per heavy atom. The molecule has 2 N–H and O–H groups in total. The molecule has 1 aliphatic rings. The van der Waals surface area contributed by atoms with Crippen LogP contribution in [0, 0.1) is 6.92 Å². The number of aryl methyl sites for hydroxylation is 2. The molecule has 1 atom stereocenters. The second kappa shape index (κ2) is 3.66. The lowest BCUT2D eigenvalue weighted by Crippen LogP contribution is -2.28. The van der Waals surface area contributed by atoms with Crippen molar-refractivity contribution < 1.29 is 4.79 Å². The molecule has 0 spiro atoms. The first kappa shape index (κ1) is 10.2. The van der Waals surface area contributed by atoms with E-state index in [2.05, 4.69) is 5.10 Å². The number of nitrogens with two attached hydrogens (primary N) is 1. The molecule has 2 heterocycles. The third-order valence-electron chi connectivity index (χ3n) is 2.70. The van der Waals surface area contributed by atoms with E-state index in [-0.39, 0.29) is 11.9 Å². The highest BCUT2D eigenvalue weighted by Gasteiger charge is 2.27. The van der Waals surface area contributed by atoms with Crippen LogP contribution in [-0.2, 0) is 18.4 Å². The van der Waals surface area contributed by atoms with Crippen LogP contribution in [0.5, 0.6) is 0 Å². The molecule has 5 nitrogen and oxygen atoms in total. The predicted octanol–water partition coefficient (Wildman–Crippen LogP) is -0.212. The van der Waals surface area contributed by atoms with Gasteiger partial charge in [0.25, 0.3) is 0 Å². The molecule has 1 fully saturated rings. The minimum Gasteiger partial charge on any atom is -0.335 e. The molecule has 15 heavy (non-hydrogen) atoms. The molecule has 82 valence electrons. The van der Waals surface area contributed by atoms with E-state index in [9.17, 15) is 4.79 Å². The van der Waals surface area contributed by atoms with Crippen LogP contribution in [0.25, 0.3) is 0 Å². The molecule has 0 radical (unpaired) electrons. The fourth-order valence-electron chi connectivity index (χ4n) is 1.96. The number of amides is 1. The van der Waals surface area contributed by atoms with E-state index >= 15 is 0 Å². The lowest BCUT2D eigenvalue weighted by Gasteiger charge is -2.15. The Hall–Kier alpha value is -1.36. The number of likely N-dealkylation sites (tertiary alicyclic amines) is 1. The average molecular weight is 208 g/mol. The summed E-state index contributed by atoms with van der Waals surface area (Å²) in [5, 5.41) is 4.24. The van der Waals surface area contributed by atoms with E-state index in [1.807, 2.05) is 24.7 Å². The van der Waals surface area contributed by atoms with E-state index in [0.717, 1.165) is 11.4 Å². The van der Waals surface area contributed by atoms with Gasteiger partial charge in [-0.15, -0.1) is 0 Å². The van der Waals surface area contributed by atoms with Crippen molar-refractivity contribution in [3.63, 3.8) is 0 Å². The Balaban J connectivity index is 2.09. The standard InChI is InChI=1S/C10H16N4O/c1-7-3-9(13(2)12-7)6-14-5-8(11)4-10(14)15/h3,8H,4-6,11H2,1-2H3. The lowest BCUT2D eigenvalue weighted by molar-refractivity contribution is -0.128. The summed E-state index contributed by atoms with van der Waals surface area (Å²) in [6.07, 6.45) is 0.469. The van der Waals surface area contributed by atoms with Crippen LogP contribution in [-0.4, -0.2) is 33.2 Å². The van der Waals surface area contributed by atoms with Gasteiger partial charge in [0, 0.05) is 26.1 Å². The van der Waals surface area contributed by atoms with Crippen molar-refractivity contribution in [3.8, 4) is 0 Å². The van der Waals surface area contributed by atoms with Crippen molar-refractivity contribution in [3.05, 3.63) is 17.5 Å². The van der Waals surface area contributed by atoms with Gasteiger partial charge in [0.2, 0.25) is 5.91 Å². The number of rotatable bonds is 2. The average Bonchev–Trinajstić information content (AvgIpc) is 2.58. The zero-order valence-electron chi connectivity index (χ0n) is 9.10. The SMILES string of the molecule is Cc1cc(CN2CC(N)CC2=O)n(C)n1. The van der Waals surface area contributed by atoms with Gasteiger partial charge in [-0.3, -0.25) is 9.48 Å². The third kappa shape index (κ3) is 2.02. The summed E-state index contributed by atoms with van der Waals surface area (Å²) < 4.78 is 1.81. The Morgan fingerprint density at radius 1 is 1.67 bits per heavy atom. The highest BCUT2D eigenvalue weighted by atomic mass is 16.2. The minimum absolute atomic E-state index is 0.00757. The van der Waals surface area contributed by atoms with Crippen LogP contribution in [0.4, 0.5) is 0 Å². The Bertz CT molecular complexity index is 385. The van der Waals surface area contributed by atoms with Crippen LogP contribution >= 0.6 is 0 Å². The topological polar surface area (TPSA) is 64.2 Å². The minimum atomic E-state index is -0.00757. The second-order valence-corrected chi connectivity index (χ2v) is 4.14. The largest absolute Gasteiger partial charge is 0.335 e. The molecule has 5 heteroatoms. The van der Waals surface area contributed by atoms with Gasteiger partial charge in [0.1, 0.15) is 0 Å². The van der Waals surface area contributed by atoms with Crippen LogP contribution in [0.2, 0.25) is 0 Å². The molecule has 0 bridgehead atoms. The van der Waals surface area contributed by atoms with Crippen molar-refractivity contribution in [2.24, 2.45) is 12.8 Å². The first-order valence-electron chi connectivity index (χ1n) is 5.09. The van der Waals surface area contributed by atoms with E-state index < -0.39 is 0 Å². The Labute approximate surface area is 88.8 Å². The van der Waals surface area contributed by atoms with Gasteiger partial charge < -0.3 is 10.6 Å². The van der Waals surface area contributed by atoms with Gasteiger partial charge in [-0.25, -0.2) is 0 Å². The number of aromatic nitrogens is 2. The van der Waals surface area contributed by atoms with Crippen LogP contribution < -0.4 is 5.73 Å². The first-order chi connectivity index (χ1) is 7.06. The van der Waals surface area contributed by atoms with Crippen LogP contribution in [0.3, 0.4) is 0 Å². The summed E-state index contributed by atoms with van der Waals surface area (Å²) in [7, 11) is 1.89. The zero-order valence-corrected chi connectivity index (χ0v) is 9.10. The monoisotopic (exact) mass is 208 g/mol. The smallest absolute Gasteiger partial charge is 0.224 e. The summed E-state index contributed by atoms with van der Waals surface area (Å²) >= 11 is 0. The summed E-state index contributed by atoms with van der Waals surface area (Å²) in [5.74, 6) is 0.140. The number of hydrogen-bond acceptors (Lipinski definition) is 3. The summed E-state index contributed by atoms with van der Waals surface area (Å²) in [6, 6.07) is 1.99. The van der Waals surface area contributed by atoms with Crippen molar-refractivity contribution in [2.45, 2.75) is 25.9 Å². The Morgan fingerprint density at radius 2 is 2.40 bits per heavy atom. The predicted molar refractivity (Wildman–Crippen MR) is 56.0 cm³/mol. The molecule has 0 aromatic carbocycles. The molecule has 1 aromatic rings. The van der Waals surface area contributed by atoms with E-state index in [1.165, 1.54) is 0 Å². The molecule has 1 unspecified atom stereocenters. The molecule has 2 rings (SSSR count). The fraction of sp³-hybridized carbons (Fsp3) is 0.600. The van der Waals surface area contributed by atoms with E-state index in [1.54, 1.807) is 4.90 Å². The maximum atomic E-state index is 11.5. The van der Waals surface area contributed by atoms with Gasteiger partial charge in [-0.05, 0) is 13.0 Å². The maximum absolute atomic E-state index is 11.5. The van der Waals surface area contributed by atoms with Crippen molar-refractivity contribution >= 4 is 5.91 Å². The van der Waals surface area contributed by atoms with E-state index in [4.69, 9.17) is 5.73 Å². The fourth-order valence-corrected chi connectivity index (χ4v) is 1.96. The summed E-state index contributed by atoms with van der Waals surface area (Å²) in [6.45, 7) is 3.22. The molecular formula is C10H16N4O. The zero-order chi connectivity index (χ0) is 11.0. The van der Waals surface area contributed by atoms with Gasteiger partial charge in [-0.2, -0.15) is 5.10 Å². The Kier molecular flexibility index (Phi) is 2.48. The molecule has 1 amide bonds. The van der Waals surface area contributed by atoms with Crippen molar-refractivity contribution in [1.82, 2.24) is 14.7 Å². The maximum Gasteiger partial charge on any atom is 0.224 e. The molecule has 1 aromatic heterocycles. The van der Waals surface area contributed by atoms with Crippen LogP contribution in [0.15, 0.2) is 6.07 Å². The van der Waals surface area contributed by atoms with Gasteiger partial charge in [0.05, 0.1) is 17.9 Å². The van der Waals surface area contributed by atoms with Gasteiger partial charge in [-0.1, -0.05) is 0 Å². The number of carbonyl (C=O) groups is 1. The molecule has 0 aliphatic carbocycles. The molecular weight excluding hydrogens is 192 g/mol. The van der Waals surface area contributed by atoms with Crippen molar-refractivity contribution in [1.29, 1.82) is 0 Å². The molecule has 1 saturated heterocycles. The quantitative estimate of drug-likeness (QED) is 0.731. The van der Waals surface area contributed by atoms with E-state index in [0.29, 0.717) is 19.5 Å².